The highest BCUT2D eigenvalue weighted by Crippen LogP contribution is 2.21. The fourth-order valence-electron chi connectivity index (χ4n) is 2.48. The van der Waals surface area contributed by atoms with Crippen LogP contribution in [0.2, 0.25) is 5.02 Å². The van der Waals surface area contributed by atoms with Crippen LogP contribution < -0.4 is 10.6 Å². The Kier molecular flexibility index (Phi) is 7.18. The molecule has 152 valence electrons. The quantitative estimate of drug-likeness (QED) is 0.506. The Labute approximate surface area is 180 Å². The van der Waals surface area contributed by atoms with E-state index in [0.717, 1.165) is 0 Å². The predicted molar refractivity (Wildman–Crippen MR) is 112 cm³/mol. The van der Waals surface area contributed by atoms with Crippen LogP contribution in [0.25, 0.3) is 0 Å². The normalized spacial score (nSPS) is 11.8. The number of nitrogens with one attached hydrogen (secondary N) is 2. The number of hydrogen-bond acceptors (Lipinski definition) is 8. The summed E-state index contributed by atoms with van der Waals surface area (Å²) in [5, 5.41) is 23.0. The largest absolute Gasteiger partial charge is 0.342 e. The molecule has 0 bridgehead atoms. The number of benzene rings is 1. The zero-order valence-electron chi connectivity index (χ0n) is 15.6. The standard InChI is InChI=1S/C17H18ClN7O2S2/c1-3-25-14(10(2)20-15(27)11-4-6-12(18)7-5-11)22-24-17(25)28-8-13(26)21-16-23-19-9-29-16/h4-7,9-10H,3,8H2,1-2H3,(H,20,27)(H,21,23,26)/t10-/m1/s1. The minimum atomic E-state index is -0.366. The Morgan fingerprint density at radius 3 is 2.66 bits per heavy atom. The maximum absolute atomic E-state index is 12.4. The van der Waals surface area contributed by atoms with E-state index in [0.29, 0.717) is 33.2 Å². The lowest BCUT2D eigenvalue weighted by atomic mass is 10.2. The third-order valence-corrected chi connectivity index (χ3v) is 5.67. The van der Waals surface area contributed by atoms with Crippen LogP contribution in [-0.2, 0) is 11.3 Å². The van der Waals surface area contributed by atoms with Gasteiger partial charge in [0.25, 0.3) is 5.91 Å². The van der Waals surface area contributed by atoms with E-state index in [1.54, 1.807) is 29.8 Å². The zero-order valence-corrected chi connectivity index (χ0v) is 18.0. The van der Waals surface area contributed by atoms with Gasteiger partial charge in [0, 0.05) is 17.1 Å². The number of carbonyl (C=O) groups is 2. The van der Waals surface area contributed by atoms with Gasteiger partial charge in [-0.25, -0.2) is 0 Å². The van der Waals surface area contributed by atoms with Crippen molar-refractivity contribution >= 4 is 51.6 Å². The fraction of sp³-hybridized carbons (Fsp3) is 0.294. The third-order valence-electron chi connectivity index (χ3n) is 3.84. The monoisotopic (exact) mass is 451 g/mol. The third kappa shape index (κ3) is 5.52. The number of carbonyl (C=O) groups excluding carboxylic acids is 2. The zero-order chi connectivity index (χ0) is 20.8. The van der Waals surface area contributed by atoms with Crippen molar-refractivity contribution in [3.05, 3.63) is 46.2 Å². The SMILES string of the molecule is CCn1c(SCC(=O)Nc2nncs2)nnc1[C@@H](C)NC(=O)c1ccc(Cl)cc1. The molecule has 0 saturated carbocycles. The second-order valence-electron chi connectivity index (χ2n) is 5.87. The van der Waals surface area contributed by atoms with Gasteiger partial charge < -0.3 is 9.88 Å². The number of nitrogens with zero attached hydrogens (tertiary/aromatic N) is 5. The number of thioether (sulfide) groups is 1. The first-order valence-corrected chi connectivity index (χ1v) is 10.9. The summed E-state index contributed by atoms with van der Waals surface area (Å²) in [6.45, 7) is 4.39. The van der Waals surface area contributed by atoms with Gasteiger partial charge in [-0.2, -0.15) is 0 Å². The summed E-state index contributed by atoms with van der Waals surface area (Å²) in [5.41, 5.74) is 2.05. The molecule has 12 heteroatoms. The predicted octanol–water partition coefficient (Wildman–Crippen LogP) is 3.02. The minimum absolute atomic E-state index is 0.156. The Morgan fingerprint density at radius 2 is 2.00 bits per heavy atom. The summed E-state index contributed by atoms with van der Waals surface area (Å²) in [7, 11) is 0. The maximum atomic E-state index is 12.4. The molecule has 3 aromatic rings. The molecule has 2 amide bonds. The average Bonchev–Trinajstić information content (AvgIpc) is 3.36. The molecule has 1 atom stereocenters. The van der Waals surface area contributed by atoms with Crippen LogP contribution in [0.5, 0.6) is 0 Å². The van der Waals surface area contributed by atoms with Crippen molar-refractivity contribution in [2.24, 2.45) is 0 Å². The molecule has 0 saturated heterocycles. The highest BCUT2D eigenvalue weighted by molar-refractivity contribution is 7.99. The smallest absolute Gasteiger partial charge is 0.251 e. The fourth-order valence-corrected chi connectivity index (χ4v) is 3.88. The van der Waals surface area contributed by atoms with Gasteiger partial charge in [0.05, 0.1) is 11.8 Å². The van der Waals surface area contributed by atoms with Crippen LogP contribution in [0.3, 0.4) is 0 Å². The van der Waals surface area contributed by atoms with Crippen molar-refractivity contribution in [3.63, 3.8) is 0 Å². The number of rotatable bonds is 8. The van der Waals surface area contributed by atoms with Gasteiger partial charge in [0.15, 0.2) is 11.0 Å². The van der Waals surface area contributed by atoms with E-state index in [1.165, 1.54) is 23.1 Å². The second-order valence-corrected chi connectivity index (χ2v) is 8.08. The van der Waals surface area contributed by atoms with E-state index in [4.69, 9.17) is 11.6 Å². The summed E-state index contributed by atoms with van der Waals surface area (Å²) >= 11 is 8.37. The van der Waals surface area contributed by atoms with Crippen LogP contribution in [0.15, 0.2) is 34.9 Å². The second kappa shape index (κ2) is 9.81. The molecule has 3 rings (SSSR count). The number of amides is 2. The highest BCUT2D eigenvalue weighted by atomic mass is 35.5. The lowest BCUT2D eigenvalue weighted by Crippen LogP contribution is -2.28. The van der Waals surface area contributed by atoms with E-state index in [1.807, 2.05) is 18.4 Å². The Hall–Kier alpha value is -2.50. The Balaban J connectivity index is 1.62. The van der Waals surface area contributed by atoms with Crippen LogP contribution in [0.4, 0.5) is 5.13 Å². The van der Waals surface area contributed by atoms with Crippen molar-refractivity contribution in [2.75, 3.05) is 11.1 Å². The Morgan fingerprint density at radius 1 is 1.24 bits per heavy atom. The first kappa shape index (κ1) is 21.2. The van der Waals surface area contributed by atoms with Crippen LogP contribution in [0, 0.1) is 0 Å². The first-order chi connectivity index (χ1) is 14.0. The molecule has 1 aromatic carbocycles. The lowest BCUT2D eigenvalue weighted by Gasteiger charge is -2.15. The van der Waals surface area contributed by atoms with Crippen LogP contribution in [-0.4, -0.2) is 42.5 Å². The van der Waals surface area contributed by atoms with Gasteiger partial charge in [-0.1, -0.05) is 34.7 Å². The number of aromatic nitrogens is 5. The van der Waals surface area contributed by atoms with E-state index >= 15 is 0 Å². The van der Waals surface area contributed by atoms with E-state index in [-0.39, 0.29) is 23.6 Å². The Bertz CT molecular complexity index is 976. The van der Waals surface area contributed by atoms with Gasteiger partial charge in [0.1, 0.15) is 5.51 Å². The van der Waals surface area contributed by atoms with Crippen LogP contribution >= 0.6 is 34.7 Å². The summed E-state index contributed by atoms with van der Waals surface area (Å²) in [4.78, 5) is 24.5. The molecular formula is C17H18ClN7O2S2. The molecule has 2 N–H and O–H groups in total. The minimum Gasteiger partial charge on any atom is -0.342 e. The van der Waals surface area contributed by atoms with Gasteiger partial charge in [-0.05, 0) is 38.1 Å². The molecule has 0 spiro atoms. The summed E-state index contributed by atoms with van der Waals surface area (Å²) in [6, 6.07) is 6.28. The molecule has 2 aromatic heterocycles. The van der Waals surface area contributed by atoms with Crippen molar-refractivity contribution in [3.8, 4) is 0 Å². The summed E-state index contributed by atoms with van der Waals surface area (Å²) in [6.07, 6.45) is 0. The molecule has 0 aliphatic carbocycles. The van der Waals surface area contributed by atoms with E-state index in [2.05, 4.69) is 31.0 Å². The number of anilines is 1. The molecule has 0 aliphatic heterocycles. The number of halogens is 1. The van der Waals surface area contributed by atoms with Crippen molar-refractivity contribution in [1.29, 1.82) is 0 Å². The number of hydrogen-bond donors (Lipinski definition) is 2. The summed E-state index contributed by atoms with van der Waals surface area (Å²) < 4.78 is 1.87. The molecular weight excluding hydrogens is 434 g/mol. The van der Waals surface area contributed by atoms with Gasteiger partial charge in [-0.15, -0.1) is 20.4 Å². The molecule has 0 unspecified atom stereocenters. The molecule has 0 fully saturated rings. The molecule has 0 aliphatic rings. The van der Waals surface area contributed by atoms with Gasteiger partial charge >= 0.3 is 0 Å². The van der Waals surface area contributed by atoms with Crippen LogP contribution in [0.1, 0.15) is 36.1 Å². The van der Waals surface area contributed by atoms with Gasteiger partial charge in [0.2, 0.25) is 11.0 Å². The molecule has 29 heavy (non-hydrogen) atoms. The molecule has 2 heterocycles. The van der Waals surface area contributed by atoms with E-state index < -0.39 is 0 Å². The van der Waals surface area contributed by atoms with E-state index in [9.17, 15) is 9.59 Å². The average molecular weight is 452 g/mol. The summed E-state index contributed by atoms with van der Waals surface area (Å²) in [5.74, 6) is 0.332. The molecule has 0 radical (unpaired) electrons. The van der Waals surface area contributed by atoms with Crippen molar-refractivity contribution in [1.82, 2.24) is 30.3 Å². The molecule has 9 nitrogen and oxygen atoms in total. The van der Waals surface area contributed by atoms with Gasteiger partial charge in [-0.3, -0.25) is 14.9 Å². The highest BCUT2D eigenvalue weighted by Gasteiger charge is 2.20. The maximum Gasteiger partial charge on any atom is 0.251 e. The topological polar surface area (TPSA) is 115 Å². The van der Waals surface area contributed by atoms with Crippen molar-refractivity contribution < 1.29 is 9.59 Å². The lowest BCUT2D eigenvalue weighted by molar-refractivity contribution is -0.113. The first-order valence-electron chi connectivity index (χ1n) is 8.66. The van der Waals surface area contributed by atoms with Crippen molar-refractivity contribution in [2.45, 2.75) is 31.6 Å².